The molecule has 0 saturated heterocycles. The van der Waals surface area contributed by atoms with Gasteiger partial charge in [-0.2, -0.15) is 5.26 Å². The van der Waals surface area contributed by atoms with Crippen molar-refractivity contribution in [3.63, 3.8) is 0 Å². The van der Waals surface area contributed by atoms with E-state index in [1.165, 1.54) is 0 Å². The van der Waals surface area contributed by atoms with Crippen LogP contribution in [0.15, 0.2) is 36.4 Å². The molecule has 7 heteroatoms. The highest BCUT2D eigenvalue weighted by atomic mass is 16.6. The topological polar surface area (TPSA) is 109 Å². The molecule has 0 bridgehead atoms. The molecule has 0 spiro atoms. The van der Waals surface area contributed by atoms with Crippen LogP contribution in [-0.4, -0.2) is 30.2 Å². The lowest BCUT2D eigenvalue weighted by Crippen LogP contribution is -2.22. The van der Waals surface area contributed by atoms with Crippen LogP contribution in [0.1, 0.15) is 42.4 Å². The minimum Gasteiger partial charge on any atom is -0.486 e. The van der Waals surface area contributed by atoms with Crippen LogP contribution in [0.4, 0.5) is 5.69 Å². The number of anilines is 1. The minimum atomic E-state index is -0.867. The van der Waals surface area contributed by atoms with Crippen molar-refractivity contribution in [2.24, 2.45) is 0 Å². The second-order valence-corrected chi connectivity index (χ2v) is 6.81. The maximum absolute atomic E-state index is 12.9. The Balaban J connectivity index is 1.81. The summed E-state index contributed by atoms with van der Waals surface area (Å²) < 4.78 is 11.3. The molecule has 1 aliphatic rings. The van der Waals surface area contributed by atoms with Crippen LogP contribution in [0.3, 0.4) is 0 Å². The lowest BCUT2D eigenvalue weighted by Gasteiger charge is -2.23. The van der Waals surface area contributed by atoms with Gasteiger partial charge in [0.05, 0.1) is 17.6 Å². The molecule has 0 aliphatic carbocycles. The van der Waals surface area contributed by atoms with Gasteiger partial charge in [-0.15, -0.1) is 0 Å². The van der Waals surface area contributed by atoms with Crippen molar-refractivity contribution < 1.29 is 24.2 Å². The average molecular weight is 394 g/mol. The van der Waals surface area contributed by atoms with Gasteiger partial charge in [0.2, 0.25) is 5.91 Å². The maximum Gasteiger partial charge on any atom is 0.303 e. The molecule has 150 valence electrons. The molecule has 1 heterocycles. The van der Waals surface area contributed by atoms with Crippen molar-refractivity contribution in [1.29, 1.82) is 5.26 Å². The van der Waals surface area contributed by atoms with Crippen LogP contribution >= 0.6 is 0 Å². The number of amides is 1. The Labute approximate surface area is 168 Å². The predicted molar refractivity (Wildman–Crippen MR) is 106 cm³/mol. The Hall–Kier alpha value is -3.53. The molecule has 29 heavy (non-hydrogen) atoms. The molecule has 0 radical (unpaired) electrons. The highest BCUT2D eigenvalue weighted by Crippen LogP contribution is 2.38. The van der Waals surface area contributed by atoms with E-state index >= 15 is 0 Å². The van der Waals surface area contributed by atoms with E-state index in [0.29, 0.717) is 48.8 Å². The van der Waals surface area contributed by atoms with E-state index in [1.807, 2.05) is 12.1 Å². The predicted octanol–water partition coefficient (Wildman–Crippen LogP) is 3.48. The molecule has 1 atom stereocenters. The number of carbonyl (C=O) groups is 2. The number of carboxylic acids is 1. The number of nitrogens with zero attached hydrogens (tertiary/aromatic N) is 1. The number of rotatable bonds is 7. The van der Waals surface area contributed by atoms with Gasteiger partial charge in [-0.3, -0.25) is 9.59 Å². The van der Waals surface area contributed by atoms with Crippen LogP contribution in [0.25, 0.3) is 0 Å². The number of nitriles is 1. The number of benzene rings is 2. The fraction of sp³-hybridized carbons (Fsp3) is 0.318. The summed E-state index contributed by atoms with van der Waals surface area (Å²) in [6.45, 7) is 2.68. The van der Waals surface area contributed by atoms with Crippen LogP contribution in [0.2, 0.25) is 0 Å². The molecule has 1 aliphatic heterocycles. The average Bonchev–Trinajstić information content (AvgIpc) is 2.73. The molecule has 2 N–H and O–H groups in total. The third-order valence-corrected chi connectivity index (χ3v) is 4.79. The molecule has 2 aromatic rings. The Bertz CT molecular complexity index is 964. The Morgan fingerprint density at radius 1 is 1.24 bits per heavy atom. The van der Waals surface area contributed by atoms with Gasteiger partial charge in [0, 0.05) is 17.7 Å². The zero-order chi connectivity index (χ0) is 20.8. The van der Waals surface area contributed by atoms with Gasteiger partial charge in [-0.25, -0.2) is 0 Å². The summed E-state index contributed by atoms with van der Waals surface area (Å²) in [5, 5.41) is 20.9. The Morgan fingerprint density at radius 2 is 2.03 bits per heavy atom. The first-order chi connectivity index (χ1) is 14.0. The fourth-order valence-corrected chi connectivity index (χ4v) is 3.23. The van der Waals surface area contributed by atoms with E-state index in [1.54, 1.807) is 31.2 Å². The summed E-state index contributed by atoms with van der Waals surface area (Å²) in [6, 6.07) is 12.5. The third kappa shape index (κ3) is 4.85. The first-order valence-electron chi connectivity index (χ1n) is 9.43. The number of hydrogen-bond donors (Lipinski definition) is 2. The normalized spacial score (nSPS) is 13.2. The lowest BCUT2D eigenvalue weighted by atomic mass is 9.97. The zero-order valence-electron chi connectivity index (χ0n) is 16.1. The number of hydrogen-bond acceptors (Lipinski definition) is 5. The van der Waals surface area contributed by atoms with Crippen molar-refractivity contribution in [2.75, 3.05) is 18.5 Å². The highest BCUT2D eigenvalue weighted by Gasteiger charge is 2.24. The number of para-hydroxylation sites is 1. The Morgan fingerprint density at radius 3 is 2.79 bits per heavy atom. The molecule has 1 unspecified atom stereocenters. The van der Waals surface area contributed by atoms with Gasteiger partial charge in [0.15, 0.2) is 11.5 Å². The molecule has 0 aromatic heterocycles. The quantitative estimate of drug-likeness (QED) is 0.744. The summed E-state index contributed by atoms with van der Waals surface area (Å²) in [7, 11) is 0. The monoisotopic (exact) mass is 394 g/mol. The summed E-state index contributed by atoms with van der Waals surface area (Å²) in [5.41, 5.74) is 2.46. The number of ether oxygens (including phenoxy) is 2. The number of aryl methyl sites for hydroxylation is 1. The van der Waals surface area contributed by atoms with E-state index in [4.69, 9.17) is 14.6 Å². The van der Waals surface area contributed by atoms with Crippen molar-refractivity contribution in [1.82, 2.24) is 0 Å². The standard InChI is InChI=1S/C22H22N2O5/c1-14(17-5-3-6-19-21(17)29-11-10-28-19)22(27)24-18-12-15(13-23)8-9-16(18)4-2-7-20(25)26/h3,5-6,8-9,12,14H,2,4,7,10-11H2,1H3,(H,24,27)(H,25,26). The highest BCUT2D eigenvalue weighted by molar-refractivity contribution is 5.97. The second kappa shape index (κ2) is 9.11. The zero-order valence-corrected chi connectivity index (χ0v) is 16.1. The largest absolute Gasteiger partial charge is 0.486 e. The smallest absolute Gasteiger partial charge is 0.303 e. The van der Waals surface area contributed by atoms with Gasteiger partial charge in [0.1, 0.15) is 13.2 Å². The number of aliphatic carboxylic acids is 1. The molecule has 1 amide bonds. The Kier molecular flexibility index (Phi) is 6.35. The summed E-state index contributed by atoms with van der Waals surface area (Å²) in [5.74, 6) is -0.427. The molecule has 7 nitrogen and oxygen atoms in total. The van der Waals surface area contributed by atoms with Crippen molar-refractivity contribution in [2.45, 2.75) is 32.1 Å². The van der Waals surface area contributed by atoms with Gasteiger partial charge in [0.25, 0.3) is 0 Å². The number of carboxylic acid groups (broad SMARTS) is 1. The van der Waals surface area contributed by atoms with Crippen LogP contribution in [-0.2, 0) is 16.0 Å². The van der Waals surface area contributed by atoms with Crippen molar-refractivity contribution in [3.05, 3.63) is 53.1 Å². The lowest BCUT2D eigenvalue weighted by molar-refractivity contribution is -0.137. The summed E-state index contributed by atoms with van der Waals surface area (Å²) >= 11 is 0. The van der Waals surface area contributed by atoms with Crippen LogP contribution in [0, 0.1) is 11.3 Å². The first kappa shape index (κ1) is 20.2. The van der Waals surface area contributed by atoms with Gasteiger partial charge >= 0.3 is 5.97 Å². The molecular formula is C22H22N2O5. The van der Waals surface area contributed by atoms with Gasteiger partial charge in [-0.1, -0.05) is 18.2 Å². The molecule has 2 aromatic carbocycles. The number of carbonyl (C=O) groups excluding carboxylic acids is 1. The molecular weight excluding hydrogens is 372 g/mol. The van der Waals surface area contributed by atoms with E-state index in [9.17, 15) is 14.9 Å². The second-order valence-electron chi connectivity index (χ2n) is 6.81. The van der Waals surface area contributed by atoms with Gasteiger partial charge in [-0.05, 0) is 43.5 Å². The number of nitrogens with one attached hydrogen (secondary N) is 1. The molecule has 0 saturated carbocycles. The SMILES string of the molecule is CC(C(=O)Nc1cc(C#N)ccc1CCCC(=O)O)c1cccc2c1OCCO2. The minimum absolute atomic E-state index is 0.0390. The maximum atomic E-state index is 12.9. The van der Waals surface area contributed by atoms with Crippen LogP contribution < -0.4 is 14.8 Å². The molecule has 0 fully saturated rings. The van der Waals surface area contributed by atoms with E-state index in [0.717, 1.165) is 11.1 Å². The van der Waals surface area contributed by atoms with E-state index < -0.39 is 11.9 Å². The van der Waals surface area contributed by atoms with E-state index in [-0.39, 0.29) is 12.3 Å². The van der Waals surface area contributed by atoms with Gasteiger partial charge < -0.3 is 19.9 Å². The molecule has 3 rings (SSSR count). The third-order valence-electron chi connectivity index (χ3n) is 4.79. The summed E-state index contributed by atoms with van der Waals surface area (Å²) in [4.78, 5) is 23.7. The van der Waals surface area contributed by atoms with E-state index in [2.05, 4.69) is 11.4 Å². The van der Waals surface area contributed by atoms with Crippen molar-refractivity contribution in [3.8, 4) is 17.6 Å². The number of fused-ring (bicyclic) bond motifs is 1. The fourth-order valence-electron chi connectivity index (χ4n) is 3.23. The summed E-state index contributed by atoms with van der Waals surface area (Å²) in [6.07, 6.45) is 0.966. The van der Waals surface area contributed by atoms with Crippen LogP contribution in [0.5, 0.6) is 11.5 Å². The first-order valence-corrected chi connectivity index (χ1v) is 9.43. The van der Waals surface area contributed by atoms with Crippen molar-refractivity contribution >= 4 is 17.6 Å².